The number of H-pyrrole nitrogens is 1. The van der Waals surface area contributed by atoms with Crippen molar-refractivity contribution >= 4 is 11.9 Å². The molecule has 0 aliphatic carbocycles. The van der Waals surface area contributed by atoms with Crippen LogP contribution in [0.5, 0.6) is 0 Å². The molecule has 3 rings (SSSR count). The highest BCUT2D eigenvalue weighted by Crippen LogP contribution is 2.26. The molecule has 0 radical (unpaired) electrons. The number of carbonyl (C=O) groups excluding carboxylic acids is 1. The molecule has 7 nitrogen and oxygen atoms in total. The maximum Gasteiger partial charge on any atom is 0.307 e. The first-order valence-electron chi connectivity index (χ1n) is 8.27. The van der Waals surface area contributed by atoms with Crippen LogP contribution in [-0.4, -0.2) is 62.9 Å². The number of carboxylic acid groups (broad SMARTS) is 1. The Bertz CT molecular complexity index is 580. The first kappa shape index (κ1) is 16.0. The summed E-state index contributed by atoms with van der Waals surface area (Å²) in [6.45, 7) is 5.25. The Kier molecular flexibility index (Phi) is 4.66. The van der Waals surface area contributed by atoms with Gasteiger partial charge in [-0.15, -0.1) is 0 Å². The van der Waals surface area contributed by atoms with Gasteiger partial charge in [-0.2, -0.15) is 0 Å². The van der Waals surface area contributed by atoms with Gasteiger partial charge in [-0.1, -0.05) is 0 Å². The first-order valence-corrected chi connectivity index (χ1v) is 8.27. The molecule has 2 aliphatic heterocycles. The molecule has 7 heteroatoms. The van der Waals surface area contributed by atoms with E-state index >= 15 is 0 Å². The van der Waals surface area contributed by atoms with Crippen LogP contribution in [0.1, 0.15) is 30.7 Å². The number of imidazole rings is 1. The van der Waals surface area contributed by atoms with Crippen molar-refractivity contribution < 1.29 is 14.7 Å². The summed E-state index contributed by atoms with van der Waals surface area (Å²) in [4.78, 5) is 35.4. The number of rotatable bonds is 4. The lowest BCUT2D eigenvalue weighted by Gasteiger charge is -2.36. The van der Waals surface area contributed by atoms with E-state index in [9.17, 15) is 14.7 Å². The van der Waals surface area contributed by atoms with Gasteiger partial charge >= 0.3 is 5.97 Å². The predicted molar refractivity (Wildman–Crippen MR) is 83.6 cm³/mol. The average molecular weight is 320 g/mol. The van der Waals surface area contributed by atoms with Crippen molar-refractivity contribution in [2.75, 3.05) is 26.2 Å². The summed E-state index contributed by atoms with van der Waals surface area (Å²) in [5, 5.41) is 9.43. The van der Waals surface area contributed by atoms with Crippen molar-refractivity contribution in [3.05, 3.63) is 17.7 Å². The highest BCUT2D eigenvalue weighted by Gasteiger charge is 2.37. The molecule has 0 spiro atoms. The third-order valence-electron chi connectivity index (χ3n) is 4.95. The normalized spacial score (nSPS) is 25.7. The number of hydrogen-bond acceptors (Lipinski definition) is 4. The first-order chi connectivity index (χ1) is 11.0. The minimum Gasteiger partial charge on any atom is -0.481 e. The molecule has 2 atom stereocenters. The van der Waals surface area contributed by atoms with E-state index in [2.05, 4.69) is 14.9 Å². The molecule has 0 aromatic carbocycles. The number of carbonyl (C=O) groups is 2. The predicted octanol–water partition coefficient (Wildman–Crippen LogP) is 0.863. The Morgan fingerprint density at radius 2 is 2.00 bits per heavy atom. The van der Waals surface area contributed by atoms with Gasteiger partial charge in [0.1, 0.15) is 0 Å². The number of nitrogens with zero attached hydrogens (tertiary/aromatic N) is 3. The van der Waals surface area contributed by atoms with Crippen LogP contribution in [0.25, 0.3) is 0 Å². The number of aliphatic carboxylic acids is 1. The minimum atomic E-state index is -0.812. The van der Waals surface area contributed by atoms with E-state index in [4.69, 9.17) is 0 Å². The maximum absolute atomic E-state index is 12.7. The monoisotopic (exact) mass is 320 g/mol. The summed E-state index contributed by atoms with van der Waals surface area (Å²) < 4.78 is 0. The lowest BCUT2D eigenvalue weighted by Crippen LogP contribution is -2.48. The molecule has 23 heavy (non-hydrogen) atoms. The van der Waals surface area contributed by atoms with E-state index in [1.807, 2.05) is 11.8 Å². The SMILES string of the molecule is Cc1[nH]cnc1CN1C[C@@H](C(=O)O)C[C@H](C(=O)N2CCCC2)C1. The summed E-state index contributed by atoms with van der Waals surface area (Å²) >= 11 is 0. The lowest BCUT2D eigenvalue weighted by molar-refractivity contribution is -0.147. The standard InChI is InChI=1S/C16H24N4O3/c1-11-14(18-10-17-11)9-19-7-12(6-13(8-19)16(22)23)15(21)20-4-2-3-5-20/h10,12-13H,2-9H2,1H3,(H,17,18)(H,22,23)/t12-,13-/m0/s1. The topological polar surface area (TPSA) is 89.5 Å². The highest BCUT2D eigenvalue weighted by atomic mass is 16.4. The van der Waals surface area contributed by atoms with E-state index in [1.54, 1.807) is 6.33 Å². The quantitative estimate of drug-likeness (QED) is 0.859. The van der Waals surface area contributed by atoms with Crippen LogP contribution in [0.15, 0.2) is 6.33 Å². The van der Waals surface area contributed by atoms with Crippen molar-refractivity contribution in [2.45, 2.75) is 32.7 Å². The summed E-state index contributed by atoms with van der Waals surface area (Å²) in [7, 11) is 0. The van der Waals surface area contributed by atoms with Crippen molar-refractivity contribution in [2.24, 2.45) is 11.8 Å². The zero-order valence-electron chi connectivity index (χ0n) is 13.5. The molecule has 0 unspecified atom stereocenters. The molecule has 2 aliphatic rings. The number of amides is 1. The minimum absolute atomic E-state index is 0.122. The Morgan fingerprint density at radius 1 is 1.30 bits per heavy atom. The van der Waals surface area contributed by atoms with Gasteiger partial charge in [0.05, 0.1) is 23.9 Å². The fourth-order valence-electron chi connectivity index (χ4n) is 3.63. The summed E-state index contributed by atoms with van der Waals surface area (Å²) in [6, 6.07) is 0. The second kappa shape index (κ2) is 6.70. The molecule has 2 N–H and O–H groups in total. The number of piperidine rings is 1. The third kappa shape index (κ3) is 3.55. The lowest BCUT2D eigenvalue weighted by atomic mass is 9.88. The van der Waals surface area contributed by atoms with Gasteiger partial charge in [0.2, 0.25) is 5.91 Å². The number of aryl methyl sites for hydroxylation is 1. The van der Waals surface area contributed by atoms with Gasteiger partial charge < -0.3 is 15.0 Å². The second-order valence-corrected chi connectivity index (χ2v) is 6.67. The summed E-state index contributed by atoms with van der Waals surface area (Å²) in [5.41, 5.74) is 1.91. The van der Waals surface area contributed by atoms with Crippen molar-refractivity contribution in [1.29, 1.82) is 0 Å². The second-order valence-electron chi connectivity index (χ2n) is 6.67. The highest BCUT2D eigenvalue weighted by molar-refractivity contribution is 5.80. The van der Waals surface area contributed by atoms with Crippen molar-refractivity contribution in [1.82, 2.24) is 19.8 Å². The molecule has 1 aromatic rings. The fraction of sp³-hybridized carbons (Fsp3) is 0.688. The van der Waals surface area contributed by atoms with Crippen molar-refractivity contribution in [3.8, 4) is 0 Å². The molecule has 2 fully saturated rings. The van der Waals surface area contributed by atoms with Crippen LogP contribution in [-0.2, 0) is 16.1 Å². The van der Waals surface area contributed by atoms with Gasteiger partial charge in [0.15, 0.2) is 0 Å². The number of carboxylic acids is 1. The fourth-order valence-corrected chi connectivity index (χ4v) is 3.63. The molecule has 0 bridgehead atoms. The Labute approximate surface area is 135 Å². The number of nitrogens with one attached hydrogen (secondary N) is 1. The largest absolute Gasteiger partial charge is 0.481 e. The molecule has 126 valence electrons. The van der Waals surface area contributed by atoms with Crippen LogP contribution in [0.2, 0.25) is 0 Å². The van der Waals surface area contributed by atoms with E-state index in [0.29, 0.717) is 26.1 Å². The van der Waals surface area contributed by atoms with E-state index in [0.717, 1.165) is 37.3 Å². The number of aromatic nitrogens is 2. The Morgan fingerprint density at radius 3 is 2.61 bits per heavy atom. The van der Waals surface area contributed by atoms with Gasteiger partial charge in [0.25, 0.3) is 0 Å². The Balaban J connectivity index is 1.71. The van der Waals surface area contributed by atoms with Crippen LogP contribution >= 0.6 is 0 Å². The number of likely N-dealkylation sites (tertiary alicyclic amines) is 2. The summed E-state index contributed by atoms with van der Waals surface area (Å²) in [6.07, 6.45) is 4.20. The van der Waals surface area contributed by atoms with E-state index in [1.165, 1.54) is 0 Å². The van der Waals surface area contributed by atoms with E-state index in [-0.39, 0.29) is 11.8 Å². The smallest absolute Gasteiger partial charge is 0.307 e. The van der Waals surface area contributed by atoms with Crippen LogP contribution in [0.3, 0.4) is 0 Å². The number of aromatic amines is 1. The molecule has 2 saturated heterocycles. The molecule has 1 amide bonds. The number of hydrogen-bond donors (Lipinski definition) is 2. The van der Waals surface area contributed by atoms with E-state index < -0.39 is 11.9 Å². The van der Waals surface area contributed by atoms with Gasteiger partial charge in [-0.3, -0.25) is 14.5 Å². The van der Waals surface area contributed by atoms with Crippen LogP contribution in [0, 0.1) is 18.8 Å². The Hall–Kier alpha value is -1.89. The van der Waals surface area contributed by atoms with Gasteiger partial charge in [-0.05, 0) is 26.2 Å². The molecular weight excluding hydrogens is 296 g/mol. The third-order valence-corrected chi connectivity index (χ3v) is 4.95. The van der Waals surface area contributed by atoms with Gasteiger partial charge in [-0.25, -0.2) is 4.98 Å². The molecular formula is C16H24N4O3. The zero-order valence-corrected chi connectivity index (χ0v) is 13.5. The molecule has 3 heterocycles. The maximum atomic E-state index is 12.7. The van der Waals surface area contributed by atoms with Crippen molar-refractivity contribution in [3.63, 3.8) is 0 Å². The molecule has 1 aromatic heterocycles. The van der Waals surface area contributed by atoms with Crippen LogP contribution < -0.4 is 0 Å². The zero-order chi connectivity index (χ0) is 16.4. The average Bonchev–Trinajstić information content (AvgIpc) is 3.19. The summed E-state index contributed by atoms with van der Waals surface area (Å²) in [5.74, 6) is -1.40. The van der Waals surface area contributed by atoms with Crippen LogP contribution in [0.4, 0.5) is 0 Å². The van der Waals surface area contributed by atoms with Gasteiger partial charge in [0, 0.05) is 38.4 Å². The molecule has 0 saturated carbocycles.